The number of rotatable bonds is 14. The average molecular weight is 648 g/mol. The van der Waals surface area contributed by atoms with E-state index in [9.17, 15) is 14.7 Å². The molecular formula is C34H37N3O6S2. The second-order valence-corrected chi connectivity index (χ2v) is 13.4. The van der Waals surface area contributed by atoms with Crippen LogP contribution in [0.25, 0.3) is 11.1 Å². The number of unbranched alkanes of at least 4 members (excludes halogenated alkanes) is 1. The second-order valence-electron chi connectivity index (χ2n) is 10.9. The Labute approximate surface area is 271 Å². The van der Waals surface area contributed by atoms with Gasteiger partial charge in [0.25, 0.3) is 0 Å². The van der Waals surface area contributed by atoms with Crippen LogP contribution in [0.5, 0.6) is 0 Å². The van der Waals surface area contributed by atoms with Crippen molar-refractivity contribution in [3.05, 3.63) is 100 Å². The van der Waals surface area contributed by atoms with Gasteiger partial charge < -0.3 is 25.0 Å². The van der Waals surface area contributed by atoms with E-state index in [4.69, 9.17) is 14.6 Å². The number of hydrogen-bond acceptors (Lipinski definition) is 9. The van der Waals surface area contributed by atoms with Crippen LogP contribution in [0.1, 0.15) is 71.8 Å². The molecule has 236 valence electrons. The van der Waals surface area contributed by atoms with E-state index in [1.807, 2.05) is 61.5 Å². The van der Waals surface area contributed by atoms with Gasteiger partial charge >= 0.3 is 5.97 Å². The van der Waals surface area contributed by atoms with Crippen LogP contribution in [-0.2, 0) is 32.2 Å². The lowest BCUT2D eigenvalue weighted by molar-refractivity contribution is -0.245. The molecule has 0 radical (unpaired) electrons. The van der Waals surface area contributed by atoms with Crippen LogP contribution in [-0.4, -0.2) is 44.1 Å². The quantitative estimate of drug-likeness (QED) is 0.102. The first-order valence-electron chi connectivity index (χ1n) is 15.0. The summed E-state index contributed by atoms with van der Waals surface area (Å²) in [4.78, 5) is 22.8. The van der Waals surface area contributed by atoms with Crippen molar-refractivity contribution < 1.29 is 29.3 Å². The van der Waals surface area contributed by atoms with Crippen LogP contribution in [0.4, 0.5) is 0 Å². The Bertz CT molecular complexity index is 1560. The normalized spacial score (nSPS) is 18.0. The number of aliphatic carboxylic acids is 1. The third-order valence-electron chi connectivity index (χ3n) is 7.49. The fourth-order valence-electron chi connectivity index (χ4n) is 5.07. The number of carboxylic acid groups (broad SMARTS) is 1. The number of ether oxygens (including phenoxy) is 2. The monoisotopic (exact) mass is 647 g/mol. The van der Waals surface area contributed by atoms with E-state index >= 15 is 0 Å². The van der Waals surface area contributed by atoms with Gasteiger partial charge in [-0.2, -0.15) is 0 Å². The van der Waals surface area contributed by atoms with Crippen molar-refractivity contribution in [2.24, 2.45) is 0 Å². The summed E-state index contributed by atoms with van der Waals surface area (Å²) in [6, 6.07) is 24.1. The van der Waals surface area contributed by atoms with Gasteiger partial charge in [0.1, 0.15) is 5.01 Å². The van der Waals surface area contributed by atoms with E-state index < -0.39 is 12.3 Å². The van der Waals surface area contributed by atoms with Gasteiger partial charge in [0.15, 0.2) is 10.6 Å². The number of aryl methyl sites for hydroxylation is 1. The summed E-state index contributed by atoms with van der Waals surface area (Å²) in [5, 5.41) is 30.4. The van der Waals surface area contributed by atoms with E-state index in [1.54, 1.807) is 23.1 Å². The Morgan fingerprint density at radius 1 is 0.933 bits per heavy atom. The Hall–Kier alpha value is -3.61. The predicted molar refractivity (Wildman–Crippen MR) is 174 cm³/mol. The minimum absolute atomic E-state index is 0.00184. The van der Waals surface area contributed by atoms with Gasteiger partial charge in [-0.15, -0.1) is 10.2 Å². The average Bonchev–Trinajstić information content (AvgIpc) is 3.49. The van der Waals surface area contributed by atoms with E-state index in [-0.39, 0.29) is 31.1 Å². The summed E-state index contributed by atoms with van der Waals surface area (Å²) in [6.07, 6.45) is 1.36. The maximum atomic E-state index is 12.2. The molecule has 0 spiro atoms. The van der Waals surface area contributed by atoms with Gasteiger partial charge in [-0.25, -0.2) is 0 Å². The van der Waals surface area contributed by atoms with Gasteiger partial charge in [0.05, 0.1) is 18.8 Å². The number of thioether (sulfide) groups is 1. The molecule has 4 aromatic rings. The molecule has 0 aliphatic carbocycles. The molecule has 1 aliphatic rings. The Morgan fingerprint density at radius 3 is 2.40 bits per heavy atom. The molecule has 9 nitrogen and oxygen atoms in total. The van der Waals surface area contributed by atoms with E-state index in [1.165, 1.54) is 0 Å². The maximum Gasteiger partial charge on any atom is 0.303 e. The number of aliphatic hydroxyl groups is 1. The first-order valence-corrected chi connectivity index (χ1v) is 16.8. The summed E-state index contributed by atoms with van der Waals surface area (Å²) >= 11 is 3.22. The summed E-state index contributed by atoms with van der Waals surface area (Å²) in [6.45, 7) is 2.35. The van der Waals surface area contributed by atoms with Gasteiger partial charge in [0.2, 0.25) is 5.91 Å². The summed E-state index contributed by atoms with van der Waals surface area (Å²) in [5.74, 6) is -0.198. The molecule has 1 aromatic heterocycles. The Morgan fingerprint density at radius 2 is 1.69 bits per heavy atom. The minimum atomic E-state index is -0.840. The fraction of sp³-hybridized carbons (Fsp3) is 0.353. The van der Waals surface area contributed by atoms with E-state index in [0.717, 1.165) is 48.5 Å². The predicted octanol–water partition coefficient (Wildman–Crippen LogP) is 6.60. The highest BCUT2D eigenvalue weighted by atomic mass is 32.2. The highest BCUT2D eigenvalue weighted by Gasteiger charge is 2.32. The third kappa shape index (κ3) is 9.69. The SMILES string of the molecule is Cc1nnc(SC[C@@H]2C[C@H](c3ccc(CO)cc3)O[C@H](c3ccc(-c4cccc(CNC(=O)CCCCC(=O)O)c4)cc3)O2)s1. The first-order chi connectivity index (χ1) is 21.9. The molecule has 5 rings (SSSR count). The van der Waals surface area contributed by atoms with Gasteiger partial charge in [-0.1, -0.05) is 89.8 Å². The molecular weight excluding hydrogens is 611 g/mol. The smallest absolute Gasteiger partial charge is 0.303 e. The van der Waals surface area contributed by atoms with Crippen LogP contribution in [0.2, 0.25) is 0 Å². The number of nitrogens with one attached hydrogen (secondary N) is 1. The van der Waals surface area contributed by atoms with Crippen molar-refractivity contribution >= 4 is 35.0 Å². The summed E-state index contributed by atoms with van der Waals surface area (Å²) in [5.41, 5.74) is 5.87. The van der Waals surface area contributed by atoms with Crippen LogP contribution < -0.4 is 5.32 Å². The van der Waals surface area contributed by atoms with Crippen molar-refractivity contribution in [3.8, 4) is 11.1 Å². The number of hydrogen-bond donors (Lipinski definition) is 3. The standard InChI is InChI=1S/C34H37N3O6S2/c1-22-36-37-34(45-22)44-21-29-18-30(26-11-9-23(20-38)10-12-26)43-33(42-29)27-15-13-25(14-16-27)28-6-4-5-24(17-28)19-35-31(39)7-2-3-8-32(40)41/h4-6,9-17,29-30,33,38H,2-3,7-8,18-21H2,1H3,(H,35,39)(H,40,41)/t29-,30+,33+/m0/s1. The lowest BCUT2D eigenvalue weighted by Gasteiger charge is -2.36. The number of nitrogens with zero attached hydrogens (tertiary/aromatic N) is 2. The minimum Gasteiger partial charge on any atom is -0.481 e. The molecule has 3 atom stereocenters. The number of carboxylic acids is 1. The number of benzene rings is 3. The fourth-order valence-corrected chi connectivity index (χ4v) is 6.93. The topological polar surface area (TPSA) is 131 Å². The zero-order chi connectivity index (χ0) is 31.6. The first kappa shape index (κ1) is 32.8. The van der Waals surface area contributed by atoms with Crippen molar-refractivity contribution in [1.29, 1.82) is 0 Å². The molecule has 11 heteroatoms. The van der Waals surface area contributed by atoms with Crippen LogP contribution in [0.3, 0.4) is 0 Å². The molecule has 3 aromatic carbocycles. The molecule has 1 aliphatic heterocycles. The second kappa shape index (κ2) is 16.1. The number of carbonyl (C=O) groups is 2. The van der Waals surface area contributed by atoms with Crippen LogP contribution in [0.15, 0.2) is 77.1 Å². The zero-order valence-corrected chi connectivity index (χ0v) is 26.7. The van der Waals surface area contributed by atoms with Gasteiger partial charge in [-0.05, 0) is 53.6 Å². The largest absolute Gasteiger partial charge is 0.481 e. The molecule has 1 fully saturated rings. The van der Waals surface area contributed by atoms with E-state index in [2.05, 4.69) is 33.7 Å². The van der Waals surface area contributed by atoms with Gasteiger partial charge in [-0.3, -0.25) is 9.59 Å². The van der Waals surface area contributed by atoms with Crippen LogP contribution in [0, 0.1) is 6.92 Å². The van der Waals surface area contributed by atoms with Crippen molar-refractivity contribution in [3.63, 3.8) is 0 Å². The number of carbonyl (C=O) groups excluding carboxylic acids is 1. The highest BCUT2D eigenvalue weighted by Crippen LogP contribution is 2.40. The number of amides is 1. The Balaban J connectivity index is 1.24. The van der Waals surface area contributed by atoms with Crippen LogP contribution >= 0.6 is 23.1 Å². The molecule has 1 amide bonds. The lowest BCUT2D eigenvalue weighted by atomic mass is 9.99. The Kier molecular flexibility index (Phi) is 11.7. The highest BCUT2D eigenvalue weighted by molar-refractivity contribution is 8.01. The number of aliphatic hydroxyl groups excluding tert-OH is 1. The lowest BCUT2D eigenvalue weighted by Crippen LogP contribution is -2.31. The molecule has 2 heterocycles. The van der Waals surface area contributed by atoms with Crippen molar-refractivity contribution in [2.45, 2.75) is 75.0 Å². The molecule has 1 saturated heterocycles. The molecule has 3 N–H and O–H groups in total. The van der Waals surface area contributed by atoms with Crippen molar-refractivity contribution in [1.82, 2.24) is 15.5 Å². The molecule has 0 bridgehead atoms. The summed E-state index contributed by atoms with van der Waals surface area (Å²) in [7, 11) is 0. The van der Waals surface area contributed by atoms with E-state index in [0.29, 0.717) is 32.2 Å². The zero-order valence-electron chi connectivity index (χ0n) is 25.1. The van der Waals surface area contributed by atoms with Crippen molar-refractivity contribution in [2.75, 3.05) is 5.75 Å². The van der Waals surface area contributed by atoms with Gasteiger partial charge in [0, 0.05) is 37.1 Å². The maximum absolute atomic E-state index is 12.2. The third-order valence-corrected chi connectivity index (χ3v) is 9.60. The molecule has 0 unspecified atom stereocenters. The molecule has 45 heavy (non-hydrogen) atoms. The molecule has 0 saturated carbocycles. The number of aromatic nitrogens is 2. The summed E-state index contributed by atoms with van der Waals surface area (Å²) < 4.78 is 13.9.